The summed E-state index contributed by atoms with van der Waals surface area (Å²) in [5.74, 6) is -0.645. The molecule has 0 radical (unpaired) electrons. The number of carbonyl (C=O) groups is 1. The Kier molecular flexibility index (Phi) is 7.98. The average Bonchev–Trinajstić information content (AvgIpc) is 2.97. The largest absolute Gasteiger partial charge is 0.325 e. The number of para-hydroxylation sites is 1. The molecule has 5 aromatic rings. The summed E-state index contributed by atoms with van der Waals surface area (Å²) < 4.78 is 56.7. The lowest BCUT2D eigenvalue weighted by atomic mass is 10.1. The van der Waals surface area contributed by atoms with E-state index in [2.05, 4.69) is 10.0 Å². The zero-order valence-electron chi connectivity index (χ0n) is 21.4. The van der Waals surface area contributed by atoms with Gasteiger partial charge in [-0.2, -0.15) is 0 Å². The summed E-state index contributed by atoms with van der Waals surface area (Å²) in [6.45, 7) is -0.566. The predicted octanol–water partition coefficient (Wildman–Crippen LogP) is 6.13. The third-order valence-electron chi connectivity index (χ3n) is 6.22. The fourth-order valence-electron chi connectivity index (χ4n) is 4.24. The van der Waals surface area contributed by atoms with Gasteiger partial charge in [-0.1, -0.05) is 78.3 Å². The van der Waals surface area contributed by atoms with E-state index in [0.29, 0.717) is 5.69 Å². The summed E-state index contributed by atoms with van der Waals surface area (Å²) in [5.41, 5.74) is 0.879. The van der Waals surface area contributed by atoms with E-state index >= 15 is 0 Å². The van der Waals surface area contributed by atoms with Crippen LogP contribution in [-0.2, 0) is 24.8 Å². The molecule has 5 aromatic carbocycles. The number of rotatable bonds is 9. The van der Waals surface area contributed by atoms with Crippen molar-refractivity contribution in [3.63, 3.8) is 0 Å². The number of carbonyl (C=O) groups excluding carboxylic acids is 1. The minimum absolute atomic E-state index is 0.000902. The summed E-state index contributed by atoms with van der Waals surface area (Å²) in [5, 5.41) is 4.45. The van der Waals surface area contributed by atoms with Crippen molar-refractivity contribution in [1.29, 1.82) is 0 Å². The number of amides is 1. The molecule has 41 heavy (non-hydrogen) atoms. The van der Waals surface area contributed by atoms with Crippen molar-refractivity contribution < 1.29 is 21.6 Å². The molecule has 0 aliphatic rings. The van der Waals surface area contributed by atoms with E-state index in [1.165, 1.54) is 48.5 Å². The van der Waals surface area contributed by atoms with Crippen LogP contribution in [-0.4, -0.2) is 29.3 Å². The number of nitrogens with one attached hydrogen (secondary N) is 2. The van der Waals surface area contributed by atoms with Crippen molar-refractivity contribution in [2.45, 2.75) is 9.79 Å². The minimum Gasteiger partial charge on any atom is -0.325 e. The first-order chi connectivity index (χ1) is 19.6. The van der Waals surface area contributed by atoms with Crippen LogP contribution in [0.25, 0.3) is 10.8 Å². The average molecular weight is 606 g/mol. The molecule has 0 unspecified atom stereocenters. The molecule has 0 heterocycles. The van der Waals surface area contributed by atoms with Gasteiger partial charge >= 0.3 is 0 Å². The van der Waals surface area contributed by atoms with Gasteiger partial charge in [0.15, 0.2) is 0 Å². The molecule has 1 amide bonds. The molecule has 0 fully saturated rings. The first kappa shape index (κ1) is 28.2. The van der Waals surface area contributed by atoms with Crippen molar-refractivity contribution in [3.05, 3.63) is 126 Å². The van der Waals surface area contributed by atoms with Crippen LogP contribution in [0.1, 0.15) is 0 Å². The molecule has 0 saturated heterocycles. The molecule has 208 valence electrons. The molecule has 8 nitrogen and oxygen atoms in total. The van der Waals surface area contributed by atoms with Gasteiger partial charge in [0.05, 0.1) is 26.2 Å². The van der Waals surface area contributed by atoms with Crippen molar-refractivity contribution >= 4 is 65.4 Å². The van der Waals surface area contributed by atoms with Gasteiger partial charge in [-0.3, -0.25) is 13.8 Å². The maximum atomic E-state index is 13.5. The lowest BCUT2D eigenvalue weighted by Gasteiger charge is -2.25. The summed E-state index contributed by atoms with van der Waals surface area (Å²) in [7, 11) is -8.06. The van der Waals surface area contributed by atoms with Crippen LogP contribution in [0.4, 0.5) is 17.1 Å². The molecule has 5 rings (SSSR count). The van der Waals surface area contributed by atoms with Gasteiger partial charge in [0.2, 0.25) is 5.91 Å². The van der Waals surface area contributed by atoms with E-state index in [1.54, 1.807) is 42.5 Å². The first-order valence-corrected chi connectivity index (χ1v) is 15.7. The molecule has 0 bridgehead atoms. The van der Waals surface area contributed by atoms with Crippen LogP contribution in [0.2, 0.25) is 5.02 Å². The van der Waals surface area contributed by atoms with E-state index in [4.69, 9.17) is 11.6 Å². The SMILES string of the molecule is O=C(CN(c1ccccc1Cl)S(=O)(=O)c1ccccc1)Nc1ccc(S(=O)(=O)Nc2cccc3ccccc23)cc1. The third-order valence-corrected chi connectivity index (χ3v) is 9.70. The molecule has 2 N–H and O–H groups in total. The molecule has 11 heteroatoms. The van der Waals surface area contributed by atoms with Crippen LogP contribution < -0.4 is 14.3 Å². The molecule has 0 aromatic heterocycles. The second kappa shape index (κ2) is 11.6. The van der Waals surface area contributed by atoms with E-state index in [-0.39, 0.29) is 26.2 Å². The minimum atomic E-state index is -4.14. The van der Waals surface area contributed by atoms with Crippen molar-refractivity contribution in [2.75, 3.05) is 20.9 Å². The van der Waals surface area contributed by atoms with E-state index in [0.717, 1.165) is 15.1 Å². The van der Waals surface area contributed by atoms with Crippen LogP contribution >= 0.6 is 11.6 Å². The van der Waals surface area contributed by atoms with Crippen LogP contribution in [0, 0.1) is 0 Å². The molecule has 0 aliphatic heterocycles. The molecule has 0 aliphatic carbocycles. The zero-order chi connectivity index (χ0) is 29.0. The second-order valence-corrected chi connectivity index (χ2v) is 12.9. The summed E-state index contributed by atoms with van der Waals surface area (Å²) in [6, 6.07) is 32.4. The lowest BCUT2D eigenvalue weighted by molar-refractivity contribution is -0.114. The Morgan fingerprint density at radius 2 is 1.32 bits per heavy atom. The van der Waals surface area contributed by atoms with Gasteiger partial charge < -0.3 is 5.32 Å². The fraction of sp³-hybridized carbons (Fsp3) is 0.0333. The van der Waals surface area contributed by atoms with E-state index < -0.39 is 32.5 Å². The Balaban J connectivity index is 1.35. The van der Waals surface area contributed by atoms with Crippen molar-refractivity contribution in [2.24, 2.45) is 0 Å². The van der Waals surface area contributed by atoms with Crippen molar-refractivity contribution in [3.8, 4) is 0 Å². The highest BCUT2D eigenvalue weighted by molar-refractivity contribution is 7.93. The topological polar surface area (TPSA) is 113 Å². The maximum absolute atomic E-state index is 13.5. The summed E-state index contributed by atoms with van der Waals surface area (Å²) >= 11 is 6.31. The number of halogens is 1. The Morgan fingerprint density at radius 3 is 2.05 bits per heavy atom. The van der Waals surface area contributed by atoms with E-state index in [9.17, 15) is 21.6 Å². The van der Waals surface area contributed by atoms with Gasteiger partial charge in [0.25, 0.3) is 20.0 Å². The van der Waals surface area contributed by atoms with Crippen LogP contribution in [0.5, 0.6) is 0 Å². The molecular weight excluding hydrogens is 582 g/mol. The summed E-state index contributed by atoms with van der Waals surface area (Å²) in [4.78, 5) is 13.0. The number of fused-ring (bicyclic) bond motifs is 1. The van der Waals surface area contributed by atoms with Crippen LogP contribution in [0.15, 0.2) is 131 Å². The number of benzene rings is 5. The van der Waals surface area contributed by atoms with Crippen LogP contribution in [0.3, 0.4) is 0 Å². The van der Waals surface area contributed by atoms with Gasteiger partial charge in [-0.05, 0) is 60.0 Å². The second-order valence-electron chi connectivity index (χ2n) is 8.98. The molecule has 0 spiro atoms. The molecule has 0 atom stereocenters. The number of hydrogen-bond donors (Lipinski definition) is 2. The van der Waals surface area contributed by atoms with Gasteiger partial charge in [0, 0.05) is 11.1 Å². The van der Waals surface area contributed by atoms with Crippen molar-refractivity contribution in [1.82, 2.24) is 0 Å². The normalized spacial score (nSPS) is 11.6. The Morgan fingerprint density at radius 1 is 0.683 bits per heavy atom. The standard InChI is InChI=1S/C30H24ClN3O5S2/c31-27-14-6-7-16-29(27)34(41(38,39)25-11-2-1-3-12-25)21-30(35)32-23-17-19-24(20-18-23)40(36,37)33-28-15-8-10-22-9-4-5-13-26(22)28/h1-20,33H,21H2,(H,32,35). The van der Waals surface area contributed by atoms with Gasteiger partial charge in [-0.25, -0.2) is 16.8 Å². The molecule has 0 saturated carbocycles. The predicted molar refractivity (Wildman–Crippen MR) is 162 cm³/mol. The highest BCUT2D eigenvalue weighted by Gasteiger charge is 2.28. The number of hydrogen-bond acceptors (Lipinski definition) is 5. The zero-order valence-corrected chi connectivity index (χ0v) is 23.8. The van der Waals surface area contributed by atoms with Gasteiger partial charge in [-0.15, -0.1) is 0 Å². The lowest BCUT2D eigenvalue weighted by Crippen LogP contribution is -2.38. The van der Waals surface area contributed by atoms with E-state index in [1.807, 2.05) is 30.3 Å². The quantitative estimate of drug-likeness (QED) is 0.210. The smallest absolute Gasteiger partial charge is 0.264 e. The Hall–Kier alpha value is -4.38. The number of sulfonamides is 2. The number of nitrogens with zero attached hydrogens (tertiary/aromatic N) is 1. The highest BCUT2D eigenvalue weighted by Crippen LogP contribution is 2.30. The fourth-order valence-corrected chi connectivity index (χ4v) is 7.07. The first-order valence-electron chi connectivity index (χ1n) is 12.4. The summed E-state index contributed by atoms with van der Waals surface area (Å²) in [6.07, 6.45) is 0. The highest BCUT2D eigenvalue weighted by atomic mass is 35.5. The maximum Gasteiger partial charge on any atom is 0.264 e. The molecular formula is C30H24ClN3O5S2. The Bertz CT molecular complexity index is 1930. The third kappa shape index (κ3) is 6.19. The number of anilines is 3. The monoisotopic (exact) mass is 605 g/mol. The van der Waals surface area contributed by atoms with Gasteiger partial charge in [0.1, 0.15) is 6.54 Å². The Labute approximate surface area is 243 Å².